The number of amides is 1. The fourth-order valence-electron chi connectivity index (χ4n) is 2.70. The molecule has 0 aliphatic rings. The van der Waals surface area contributed by atoms with Crippen molar-refractivity contribution in [3.05, 3.63) is 59.2 Å². The largest absolute Gasteiger partial charge is 0.385 e. The number of carbonyl (C=O) groups is 1. The van der Waals surface area contributed by atoms with Gasteiger partial charge in [-0.25, -0.2) is 4.68 Å². The normalized spacial score (nSPS) is 11.0. The van der Waals surface area contributed by atoms with Gasteiger partial charge in [-0.15, -0.1) is 5.10 Å². The average molecular weight is 338 g/mol. The zero-order valence-electron chi connectivity index (χ0n) is 14.5. The van der Waals surface area contributed by atoms with Gasteiger partial charge in [0.1, 0.15) is 5.52 Å². The lowest BCUT2D eigenvalue weighted by Crippen LogP contribution is -2.25. The summed E-state index contributed by atoms with van der Waals surface area (Å²) in [6.07, 6.45) is 0.789. The van der Waals surface area contributed by atoms with Crippen LogP contribution in [-0.4, -0.2) is 41.2 Å². The number of ether oxygens (including phenoxy) is 1. The van der Waals surface area contributed by atoms with E-state index in [1.807, 2.05) is 28.9 Å². The van der Waals surface area contributed by atoms with Crippen LogP contribution in [0.5, 0.6) is 0 Å². The van der Waals surface area contributed by atoms with Crippen molar-refractivity contribution >= 4 is 16.9 Å². The van der Waals surface area contributed by atoms with Gasteiger partial charge in [-0.05, 0) is 42.7 Å². The molecule has 25 heavy (non-hydrogen) atoms. The maximum Gasteiger partial charge on any atom is 0.251 e. The van der Waals surface area contributed by atoms with E-state index in [1.54, 1.807) is 13.2 Å². The zero-order chi connectivity index (χ0) is 17.6. The summed E-state index contributed by atoms with van der Waals surface area (Å²) in [5, 5.41) is 11.3. The SMILES string of the molecule is COCCCNC(=O)c1ccc2c(c1)nnn2Cc1ccccc1C. The average Bonchev–Trinajstić information content (AvgIpc) is 3.02. The van der Waals surface area contributed by atoms with Gasteiger partial charge in [-0.3, -0.25) is 4.79 Å². The smallest absolute Gasteiger partial charge is 0.251 e. The maximum absolute atomic E-state index is 12.2. The van der Waals surface area contributed by atoms with Gasteiger partial charge in [0.15, 0.2) is 0 Å². The van der Waals surface area contributed by atoms with Crippen LogP contribution in [0.1, 0.15) is 27.9 Å². The molecule has 1 aromatic heterocycles. The van der Waals surface area contributed by atoms with Crippen LogP contribution < -0.4 is 5.32 Å². The standard InChI is InChI=1S/C19H22N4O2/c1-14-6-3-4-7-16(14)13-23-18-9-8-15(12-17(18)21-22-23)19(24)20-10-5-11-25-2/h3-4,6-9,12H,5,10-11,13H2,1-2H3,(H,20,24). The minimum atomic E-state index is -0.105. The van der Waals surface area contributed by atoms with E-state index >= 15 is 0 Å². The Balaban J connectivity index is 1.75. The molecular weight excluding hydrogens is 316 g/mol. The van der Waals surface area contributed by atoms with Crippen molar-refractivity contribution in [1.82, 2.24) is 20.3 Å². The van der Waals surface area contributed by atoms with E-state index in [2.05, 4.69) is 34.7 Å². The number of carbonyl (C=O) groups excluding carboxylic acids is 1. The Bertz CT molecular complexity index is 873. The van der Waals surface area contributed by atoms with E-state index in [0.29, 0.717) is 25.3 Å². The first-order chi connectivity index (χ1) is 12.2. The number of hydrogen-bond donors (Lipinski definition) is 1. The highest BCUT2D eigenvalue weighted by atomic mass is 16.5. The quantitative estimate of drug-likeness (QED) is 0.672. The highest BCUT2D eigenvalue weighted by Crippen LogP contribution is 2.16. The van der Waals surface area contributed by atoms with Gasteiger partial charge < -0.3 is 10.1 Å². The van der Waals surface area contributed by atoms with Crippen molar-refractivity contribution in [3.63, 3.8) is 0 Å². The Kier molecular flexibility index (Phi) is 5.40. The van der Waals surface area contributed by atoms with Gasteiger partial charge in [0.05, 0.1) is 12.1 Å². The number of aryl methyl sites for hydroxylation is 1. The summed E-state index contributed by atoms with van der Waals surface area (Å²) in [5.41, 5.74) is 4.65. The number of nitrogens with one attached hydrogen (secondary N) is 1. The minimum Gasteiger partial charge on any atom is -0.385 e. The summed E-state index contributed by atoms with van der Waals surface area (Å²) in [7, 11) is 1.65. The Labute approximate surface area is 146 Å². The Morgan fingerprint density at radius 3 is 2.88 bits per heavy atom. The number of aromatic nitrogens is 3. The second-order valence-electron chi connectivity index (χ2n) is 5.98. The third kappa shape index (κ3) is 4.03. The molecule has 0 bridgehead atoms. The summed E-state index contributed by atoms with van der Waals surface area (Å²) >= 11 is 0. The van der Waals surface area contributed by atoms with Crippen molar-refractivity contribution in [2.24, 2.45) is 0 Å². The van der Waals surface area contributed by atoms with Crippen LogP contribution >= 0.6 is 0 Å². The van der Waals surface area contributed by atoms with Crippen molar-refractivity contribution in [2.45, 2.75) is 19.9 Å². The molecule has 0 aliphatic carbocycles. The van der Waals surface area contributed by atoms with Crippen molar-refractivity contribution in [1.29, 1.82) is 0 Å². The number of hydrogen-bond acceptors (Lipinski definition) is 4. The van der Waals surface area contributed by atoms with Crippen LogP contribution in [0.25, 0.3) is 11.0 Å². The molecule has 0 radical (unpaired) electrons. The molecule has 130 valence electrons. The van der Waals surface area contributed by atoms with Crippen molar-refractivity contribution < 1.29 is 9.53 Å². The lowest BCUT2D eigenvalue weighted by molar-refractivity contribution is 0.0948. The molecule has 3 rings (SSSR count). The zero-order valence-corrected chi connectivity index (χ0v) is 14.5. The molecule has 1 amide bonds. The molecule has 0 fully saturated rings. The first-order valence-electron chi connectivity index (χ1n) is 8.34. The minimum absolute atomic E-state index is 0.105. The summed E-state index contributed by atoms with van der Waals surface area (Å²) in [5.74, 6) is -0.105. The van der Waals surface area contributed by atoms with E-state index in [9.17, 15) is 4.79 Å². The molecule has 6 heteroatoms. The Morgan fingerprint density at radius 2 is 2.08 bits per heavy atom. The summed E-state index contributed by atoms with van der Waals surface area (Å²) in [6.45, 7) is 3.96. The molecule has 2 aromatic carbocycles. The summed E-state index contributed by atoms with van der Waals surface area (Å²) in [4.78, 5) is 12.2. The third-order valence-corrected chi connectivity index (χ3v) is 4.17. The molecule has 0 atom stereocenters. The fraction of sp³-hybridized carbons (Fsp3) is 0.316. The molecule has 0 aliphatic heterocycles. The molecule has 0 saturated heterocycles. The topological polar surface area (TPSA) is 69.0 Å². The molecule has 0 saturated carbocycles. The van der Waals surface area contributed by atoms with E-state index in [4.69, 9.17) is 4.74 Å². The lowest BCUT2D eigenvalue weighted by atomic mass is 10.1. The number of nitrogens with zero attached hydrogens (tertiary/aromatic N) is 3. The second kappa shape index (κ2) is 7.90. The van der Waals surface area contributed by atoms with Crippen molar-refractivity contribution in [2.75, 3.05) is 20.3 Å². The third-order valence-electron chi connectivity index (χ3n) is 4.17. The number of fused-ring (bicyclic) bond motifs is 1. The number of rotatable bonds is 7. The predicted molar refractivity (Wildman–Crippen MR) is 96.6 cm³/mol. The summed E-state index contributed by atoms with van der Waals surface area (Å²) < 4.78 is 6.83. The van der Waals surface area contributed by atoms with Gasteiger partial charge in [-0.1, -0.05) is 29.5 Å². The predicted octanol–water partition coefficient (Wildman–Crippen LogP) is 2.55. The number of benzene rings is 2. The lowest BCUT2D eigenvalue weighted by Gasteiger charge is -2.07. The molecule has 0 unspecified atom stereocenters. The molecule has 3 aromatic rings. The molecule has 6 nitrogen and oxygen atoms in total. The van der Waals surface area contributed by atoms with Gasteiger partial charge in [0, 0.05) is 25.8 Å². The maximum atomic E-state index is 12.2. The van der Waals surface area contributed by atoms with Crippen LogP contribution in [0.2, 0.25) is 0 Å². The fourth-order valence-corrected chi connectivity index (χ4v) is 2.70. The second-order valence-corrected chi connectivity index (χ2v) is 5.98. The van der Waals surface area contributed by atoms with Gasteiger partial charge in [0.2, 0.25) is 0 Å². The first-order valence-corrected chi connectivity index (χ1v) is 8.34. The van der Waals surface area contributed by atoms with Gasteiger partial charge >= 0.3 is 0 Å². The van der Waals surface area contributed by atoms with Crippen LogP contribution in [-0.2, 0) is 11.3 Å². The van der Waals surface area contributed by atoms with Gasteiger partial charge in [0.25, 0.3) is 5.91 Å². The molecule has 1 N–H and O–H groups in total. The van der Waals surface area contributed by atoms with Crippen LogP contribution in [0.4, 0.5) is 0 Å². The number of methoxy groups -OCH3 is 1. The van der Waals surface area contributed by atoms with Crippen molar-refractivity contribution in [3.8, 4) is 0 Å². The van der Waals surface area contributed by atoms with E-state index < -0.39 is 0 Å². The first kappa shape index (κ1) is 17.1. The highest BCUT2D eigenvalue weighted by Gasteiger charge is 2.11. The Morgan fingerprint density at radius 1 is 1.24 bits per heavy atom. The van der Waals surface area contributed by atoms with E-state index in [1.165, 1.54) is 11.1 Å². The van der Waals surface area contributed by atoms with E-state index in [0.717, 1.165) is 17.5 Å². The Hall–Kier alpha value is -2.73. The van der Waals surface area contributed by atoms with Crippen LogP contribution in [0.3, 0.4) is 0 Å². The van der Waals surface area contributed by atoms with E-state index in [-0.39, 0.29) is 5.91 Å². The monoisotopic (exact) mass is 338 g/mol. The van der Waals surface area contributed by atoms with Crippen LogP contribution in [0.15, 0.2) is 42.5 Å². The molecule has 0 spiro atoms. The van der Waals surface area contributed by atoms with Gasteiger partial charge in [-0.2, -0.15) is 0 Å². The highest BCUT2D eigenvalue weighted by molar-refractivity contribution is 5.97. The molecule has 1 heterocycles. The summed E-state index contributed by atoms with van der Waals surface area (Å²) in [6, 6.07) is 13.7. The molecular formula is C19H22N4O2. The van der Waals surface area contributed by atoms with Crippen LogP contribution in [0, 0.1) is 6.92 Å².